The zero-order valence-corrected chi connectivity index (χ0v) is 19.4. The van der Waals surface area contributed by atoms with Crippen molar-refractivity contribution in [3.05, 3.63) is 54.2 Å². The molecule has 8 nitrogen and oxygen atoms in total. The first-order valence-electron chi connectivity index (χ1n) is 11.5. The van der Waals surface area contributed by atoms with Gasteiger partial charge in [-0.25, -0.2) is 0 Å². The van der Waals surface area contributed by atoms with E-state index in [4.69, 9.17) is 19.3 Å². The Morgan fingerprint density at radius 3 is 2.61 bits per heavy atom. The van der Waals surface area contributed by atoms with Crippen LogP contribution in [0.2, 0.25) is 0 Å². The number of benzene rings is 2. The molecule has 3 aromatic rings. The number of aromatic nitrogens is 2. The Balaban J connectivity index is 1.52. The van der Waals surface area contributed by atoms with Crippen molar-refractivity contribution in [2.75, 3.05) is 59.7 Å². The molecule has 4 rings (SSSR count). The van der Waals surface area contributed by atoms with Gasteiger partial charge in [-0.2, -0.15) is 5.10 Å². The normalized spacial score (nSPS) is 14.4. The third-order valence-corrected chi connectivity index (χ3v) is 5.93. The second kappa shape index (κ2) is 11.2. The fraction of sp³-hybridized carbons (Fsp3) is 0.440. The van der Waals surface area contributed by atoms with Gasteiger partial charge in [0, 0.05) is 31.6 Å². The fourth-order valence-corrected chi connectivity index (χ4v) is 4.09. The second-order valence-electron chi connectivity index (χ2n) is 7.93. The molecule has 8 heteroatoms. The van der Waals surface area contributed by atoms with E-state index in [1.165, 1.54) is 0 Å². The minimum atomic E-state index is -0.0995. The largest absolute Gasteiger partial charge is 0.494 e. The number of amides is 1. The highest BCUT2D eigenvalue weighted by molar-refractivity contribution is 6.06. The maximum atomic E-state index is 13.5. The Hall–Kier alpha value is -3.10. The van der Waals surface area contributed by atoms with Crippen molar-refractivity contribution in [1.82, 2.24) is 19.6 Å². The van der Waals surface area contributed by atoms with Gasteiger partial charge in [-0.15, -0.1) is 0 Å². The van der Waals surface area contributed by atoms with E-state index >= 15 is 0 Å². The lowest BCUT2D eigenvalue weighted by molar-refractivity contribution is 0.0361. The number of hydrogen-bond donors (Lipinski definition) is 0. The van der Waals surface area contributed by atoms with Gasteiger partial charge in [0.1, 0.15) is 23.6 Å². The number of nitrogens with zero attached hydrogens (tertiary/aromatic N) is 4. The maximum Gasteiger partial charge on any atom is 0.275 e. The first-order chi connectivity index (χ1) is 16.2. The number of rotatable bonds is 10. The summed E-state index contributed by atoms with van der Waals surface area (Å²) in [6, 6.07) is 15.4. The van der Waals surface area contributed by atoms with Crippen molar-refractivity contribution in [2.45, 2.75) is 13.5 Å². The number of carbonyl (C=O) groups is 1. The zero-order chi connectivity index (χ0) is 23.0. The summed E-state index contributed by atoms with van der Waals surface area (Å²) in [4.78, 5) is 17.6. The van der Waals surface area contributed by atoms with Crippen LogP contribution in [0.15, 0.2) is 48.5 Å². The van der Waals surface area contributed by atoms with Gasteiger partial charge in [-0.3, -0.25) is 14.4 Å². The van der Waals surface area contributed by atoms with Crippen molar-refractivity contribution < 1.29 is 19.0 Å². The molecule has 1 amide bonds. The van der Waals surface area contributed by atoms with Crippen LogP contribution < -0.4 is 9.47 Å². The van der Waals surface area contributed by atoms with Gasteiger partial charge in [0.25, 0.3) is 5.91 Å². The molecule has 2 heterocycles. The molecule has 1 saturated heterocycles. The van der Waals surface area contributed by atoms with E-state index in [9.17, 15) is 4.79 Å². The van der Waals surface area contributed by atoms with Gasteiger partial charge in [-0.05, 0) is 25.1 Å². The van der Waals surface area contributed by atoms with Crippen LogP contribution in [0, 0.1) is 0 Å². The third kappa shape index (κ3) is 5.46. The summed E-state index contributed by atoms with van der Waals surface area (Å²) in [5, 5.41) is 5.57. The van der Waals surface area contributed by atoms with E-state index in [0.717, 1.165) is 55.2 Å². The van der Waals surface area contributed by atoms with Crippen molar-refractivity contribution >= 4 is 16.8 Å². The topological polar surface area (TPSA) is 69.1 Å². The van der Waals surface area contributed by atoms with E-state index in [1.54, 1.807) is 12.0 Å². The monoisotopic (exact) mass is 452 g/mol. The molecule has 0 N–H and O–H groups in total. The lowest BCUT2D eigenvalue weighted by Crippen LogP contribution is -2.38. The van der Waals surface area contributed by atoms with Crippen LogP contribution in [0.25, 0.3) is 10.9 Å². The molecule has 1 aliphatic heterocycles. The molecule has 0 saturated carbocycles. The Morgan fingerprint density at radius 2 is 1.88 bits per heavy atom. The SMILES string of the molecule is CCN(CCOc1ccccc1)C(=O)c1nn(CCN2CCOCC2)c2c(OC)cccc12. The molecule has 1 aliphatic rings. The van der Waals surface area contributed by atoms with Crippen molar-refractivity contribution in [1.29, 1.82) is 0 Å². The first kappa shape index (κ1) is 23.1. The van der Waals surface area contributed by atoms with E-state index < -0.39 is 0 Å². The van der Waals surface area contributed by atoms with Crippen LogP contribution >= 0.6 is 0 Å². The Morgan fingerprint density at radius 1 is 1.09 bits per heavy atom. The van der Waals surface area contributed by atoms with Crippen LogP contribution in [0.4, 0.5) is 0 Å². The van der Waals surface area contributed by atoms with Gasteiger partial charge in [0.15, 0.2) is 5.69 Å². The van der Waals surface area contributed by atoms with E-state index in [2.05, 4.69) is 4.90 Å². The van der Waals surface area contributed by atoms with Crippen LogP contribution in [0.1, 0.15) is 17.4 Å². The quantitative estimate of drug-likeness (QED) is 0.471. The van der Waals surface area contributed by atoms with Crippen molar-refractivity contribution in [3.8, 4) is 11.5 Å². The number of para-hydroxylation sites is 2. The molecular formula is C25H32N4O4. The molecule has 1 aromatic heterocycles. The van der Waals surface area contributed by atoms with Gasteiger partial charge in [-0.1, -0.05) is 30.3 Å². The maximum absolute atomic E-state index is 13.5. The molecular weight excluding hydrogens is 420 g/mol. The Bertz CT molecular complexity index is 1050. The smallest absolute Gasteiger partial charge is 0.275 e. The Labute approximate surface area is 194 Å². The number of likely N-dealkylation sites (N-methyl/N-ethyl adjacent to an activating group) is 1. The van der Waals surface area contributed by atoms with Crippen LogP contribution in [0.5, 0.6) is 11.5 Å². The van der Waals surface area contributed by atoms with Crippen LogP contribution in [-0.4, -0.2) is 85.1 Å². The second-order valence-corrected chi connectivity index (χ2v) is 7.93. The minimum Gasteiger partial charge on any atom is -0.494 e. The summed E-state index contributed by atoms with van der Waals surface area (Å²) in [5.41, 5.74) is 1.31. The van der Waals surface area contributed by atoms with Gasteiger partial charge >= 0.3 is 0 Å². The molecule has 1 fully saturated rings. The van der Waals surface area contributed by atoms with E-state index in [1.807, 2.05) is 60.1 Å². The number of morpholine rings is 1. The average molecular weight is 453 g/mol. The highest BCUT2D eigenvalue weighted by Crippen LogP contribution is 2.29. The summed E-state index contributed by atoms with van der Waals surface area (Å²) < 4.78 is 18.8. The minimum absolute atomic E-state index is 0.0995. The Kier molecular flexibility index (Phi) is 7.80. The molecule has 0 atom stereocenters. The van der Waals surface area contributed by atoms with Gasteiger partial charge < -0.3 is 19.1 Å². The summed E-state index contributed by atoms with van der Waals surface area (Å²) >= 11 is 0. The summed E-state index contributed by atoms with van der Waals surface area (Å²) in [6.07, 6.45) is 0. The summed E-state index contributed by atoms with van der Waals surface area (Å²) in [6.45, 7) is 8.29. The van der Waals surface area contributed by atoms with E-state index in [-0.39, 0.29) is 5.91 Å². The van der Waals surface area contributed by atoms with Crippen molar-refractivity contribution in [2.24, 2.45) is 0 Å². The van der Waals surface area contributed by atoms with E-state index in [0.29, 0.717) is 31.9 Å². The molecule has 0 bridgehead atoms. The number of carbonyl (C=O) groups excluding carboxylic acids is 1. The predicted molar refractivity (Wildman–Crippen MR) is 127 cm³/mol. The first-order valence-corrected chi connectivity index (χ1v) is 11.5. The molecule has 2 aromatic carbocycles. The zero-order valence-electron chi connectivity index (χ0n) is 19.4. The lowest BCUT2D eigenvalue weighted by atomic mass is 10.1. The molecule has 0 aliphatic carbocycles. The summed E-state index contributed by atoms with van der Waals surface area (Å²) in [7, 11) is 1.65. The van der Waals surface area contributed by atoms with Gasteiger partial charge in [0.2, 0.25) is 0 Å². The highest BCUT2D eigenvalue weighted by Gasteiger charge is 2.24. The molecule has 0 radical (unpaired) electrons. The third-order valence-electron chi connectivity index (χ3n) is 5.93. The fourth-order valence-electron chi connectivity index (χ4n) is 4.09. The molecule has 33 heavy (non-hydrogen) atoms. The summed E-state index contributed by atoms with van der Waals surface area (Å²) in [5.74, 6) is 1.41. The lowest BCUT2D eigenvalue weighted by Gasteiger charge is -2.26. The van der Waals surface area contributed by atoms with Crippen LogP contribution in [-0.2, 0) is 11.3 Å². The molecule has 176 valence electrons. The van der Waals surface area contributed by atoms with Crippen molar-refractivity contribution in [3.63, 3.8) is 0 Å². The number of methoxy groups -OCH3 is 1. The average Bonchev–Trinajstić information content (AvgIpc) is 3.25. The highest BCUT2D eigenvalue weighted by atomic mass is 16.5. The number of fused-ring (bicyclic) bond motifs is 1. The standard InChI is InChI=1S/C25H32N4O4/c1-3-28(16-19-33-20-8-5-4-6-9-20)25(30)23-21-10-7-11-22(31-2)24(21)29(26-23)13-12-27-14-17-32-18-15-27/h4-11H,3,12-19H2,1-2H3. The number of ether oxygens (including phenoxy) is 3. The molecule has 0 spiro atoms. The van der Waals surface area contributed by atoms with Crippen LogP contribution in [0.3, 0.4) is 0 Å². The predicted octanol–water partition coefficient (Wildman–Crippen LogP) is 2.92. The van der Waals surface area contributed by atoms with Gasteiger partial charge in [0.05, 0.1) is 33.4 Å². The molecule has 0 unspecified atom stereocenters. The number of hydrogen-bond acceptors (Lipinski definition) is 6.